The van der Waals surface area contributed by atoms with Gasteiger partial charge in [0.2, 0.25) is 0 Å². The van der Waals surface area contributed by atoms with E-state index < -0.39 is 0 Å². The van der Waals surface area contributed by atoms with Crippen LogP contribution in [0.25, 0.3) is 0 Å². The second-order valence-corrected chi connectivity index (χ2v) is 4.62. The van der Waals surface area contributed by atoms with Crippen molar-refractivity contribution in [2.45, 2.75) is 39.2 Å². The third-order valence-electron chi connectivity index (χ3n) is 2.11. The number of unbranched alkanes of at least 4 members (excludes halogenated alkanes) is 1. The van der Waals surface area contributed by atoms with Gasteiger partial charge in [0, 0.05) is 6.04 Å². The van der Waals surface area contributed by atoms with Gasteiger partial charge >= 0.3 is 5.97 Å². The Morgan fingerprint density at radius 2 is 2.27 bits per heavy atom. The van der Waals surface area contributed by atoms with Crippen LogP contribution < -0.4 is 5.32 Å². The predicted molar refractivity (Wildman–Crippen MR) is 66.3 cm³/mol. The lowest BCUT2D eigenvalue weighted by atomic mass is 10.2. The number of hydrogen-bond donors (Lipinski definition) is 1. The van der Waals surface area contributed by atoms with Gasteiger partial charge in [-0.05, 0) is 31.8 Å². The minimum Gasteiger partial charge on any atom is -0.465 e. The molecule has 0 aromatic heterocycles. The Bertz CT molecular complexity index is 165. The molecule has 0 amide bonds. The first-order chi connectivity index (χ1) is 7.20. The average molecular weight is 233 g/mol. The van der Waals surface area contributed by atoms with Crippen LogP contribution in [0.5, 0.6) is 0 Å². The van der Waals surface area contributed by atoms with E-state index in [1.54, 1.807) is 0 Å². The predicted octanol–water partition coefficient (Wildman–Crippen LogP) is 2.06. The molecular formula is C11H23NO2S. The maximum atomic E-state index is 11.2. The molecule has 1 unspecified atom stereocenters. The van der Waals surface area contributed by atoms with Crippen molar-refractivity contribution in [2.24, 2.45) is 0 Å². The summed E-state index contributed by atoms with van der Waals surface area (Å²) in [5, 5.41) is 3.16. The molecule has 0 aliphatic carbocycles. The smallest absolute Gasteiger partial charge is 0.319 e. The number of rotatable bonds is 9. The van der Waals surface area contributed by atoms with Gasteiger partial charge < -0.3 is 10.1 Å². The van der Waals surface area contributed by atoms with Crippen LogP contribution in [-0.2, 0) is 9.53 Å². The van der Waals surface area contributed by atoms with Gasteiger partial charge in [-0.2, -0.15) is 11.8 Å². The molecule has 3 nitrogen and oxygen atoms in total. The molecule has 0 aromatic carbocycles. The Labute approximate surface area is 97.3 Å². The lowest BCUT2D eigenvalue weighted by Gasteiger charge is -2.12. The number of ether oxygens (including phenoxy) is 1. The summed E-state index contributed by atoms with van der Waals surface area (Å²) in [5.41, 5.74) is 0. The molecule has 1 N–H and O–H groups in total. The minimum absolute atomic E-state index is 0.139. The molecule has 0 bridgehead atoms. The molecule has 0 aliphatic rings. The van der Waals surface area contributed by atoms with Crippen LogP contribution in [0.4, 0.5) is 0 Å². The van der Waals surface area contributed by atoms with Gasteiger partial charge in [-0.3, -0.25) is 4.79 Å². The second-order valence-electron chi connectivity index (χ2n) is 3.64. The molecule has 0 heterocycles. The lowest BCUT2D eigenvalue weighted by Crippen LogP contribution is -2.32. The highest BCUT2D eigenvalue weighted by Crippen LogP contribution is 1.99. The van der Waals surface area contributed by atoms with E-state index in [4.69, 9.17) is 4.74 Å². The van der Waals surface area contributed by atoms with Crippen molar-refractivity contribution in [3.63, 3.8) is 0 Å². The van der Waals surface area contributed by atoms with E-state index in [1.165, 1.54) is 0 Å². The number of carbonyl (C=O) groups excluding carboxylic acids is 1. The van der Waals surface area contributed by atoms with Crippen LogP contribution in [0.15, 0.2) is 0 Å². The topological polar surface area (TPSA) is 38.3 Å². The van der Waals surface area contributed by atoms with Crippen LogP contribution in [0, 0.1) is 0 Å². The van der Waals surface area contributed by atoms with Crippen LogP contribution >= 0.6 is 11.8 Å². The highest BCUT2D eigenvalue weighted by Gasteiger charge is 2.05. The highest BCUT2D eigenvalue weighted by molar-refractivity contribution is 7.98. The molecule has 4 heteroatoms. The second kappa shape index (κ2) is 10.3. The first-order valence-corrected chi connectivity index (χ1v) is 6.98. The average Bonchev–Trinajstić information content (AvgIpc) is 2.24. The third kappa shape index (κ3) is 10.1. The zero-order valence-electron chi connectivity index (χ0n) is 10.0. The Kier molecular flexibility index (Phi) is 10.2. The standard InChI is InChI=1S/C11H23NO2S/c1-4-5-7-14-11(13)9-12-10(2)6-8-15-3/h10,12H,4-9H2,1-3H3. The molecule has 0 aliphatic heterocycles. The fraction of sp³-hybridized carbons (Fsp3) is 0.909. The zero-order chi connectivity index (χ0) is 11.5. The Morgan fingerprint density at radius 3 is 2.87 bits per heavy atom. The van der Waals surface area contributed by atoms with Crippen LogP contribution in [-0.4, -0.2) is 37.2 Å². The van der Waals surface area contributed by atoms with Crippen LogP contribution in [0.1, 0.15) is 33.1 Å². The Balaban J connectivity index is 3.36. The van der Waals surface area contributed by atoms with Crippen molar-refractivity contribution >= 4 is 17.7 Å². The molecule has 0 rings (SSSR count). The SMILES string of the molecule is CCCCOC(=O)CNC(C)CCSC. The monoisotopic (exact) mass is 233 g/mol. The summed E-state index contributed by atoms with van der Waals surface area (Å²) >= 11 is 1.82. The molecule has 0 saturated heterocycles. The number of thioether (sulfide) groups is 1. The van der Waals surface area contributed by atoms with Crippen LogP contribution in [0.3, 0.4) is 0 Å². The first kappa shape index (κ1) is 14.8. The van der Waals surface area contributed by atoms with Gasteiger partial charge in [0.1, 0.15) is 0 Å². The molecule has 0 radical (unpaired) electrons. The lowest BCUT2D eigenvalue weighted by molar-refractivity contribution is -0.142. The Morgan fingerprint density at radius 1 is 1.53 bits per heavy atom. The number of esters is 1. The molecule has 15 heavy (non-hydrogen) atoms. The molecule has 1 atom stereocenters. The van der Waals surface area contributed by atoms with Gasteiger partial charge in [0.05, 0.1) is 13.2 Å². The van der Waals surface area contributed by atoms with Gasteiger partial charge in [-0.25, -0.2) is 0 Å². The highest BCUT2D eigenvalue weighted by atomic mass is 32.2. The summed E-state index contributed by atoms with van der Waals surface area (Å²) in [6.45, 7) is 5.06. The fourth-order valence-corrected chi connectivity index (χ4v) is 1.62. The van der Waals surface area contributed by atoms with Crippen molar-refractivity contribution < 1.29 is 9.53 Å². The summed E-state index contributed by atoms with van der Waals surface area (Å²) in [7, 11) is 0. The van der Waals surface area contributed by atoms with E-state index in [0.717, 1.165) is 25.0 Å². The largest absolute Gasteiger partial charge is 0.465 e. The molecule has 0 aromatic rings. The van der Waals surface area contributed by atoms with E-state index >= 15 is 0 Å². The Hall–Kier alpha value is -0.220. The van der Waals surface area contributed by atoms with Crippen molar-refractivity contribution in [1.82, 2.24) is 5.32 Å². The first-order valence-electron chi connectivity index (χ1n) is 5.58. The van der Waals surface area contributed by atoms with Gasteiger partial charge in [0.15, 0.2) is 0 Å². The van der Waals surface area contributed by atoms with E-state index in [9.17, 15) is 4.79 Å². The normalized spacial score (nSPS) is 12.5. The van der Waals surface area contributed by atoms with Crippen molar-refractivity contribution in [3.05, 3.63) is 0 Å². The van der Waals surface area contributed by atoms with Gasteiger partial charge in [-0.15, -0.1) is 0 Å². The number of carbonyl (C=O) groups is 1. The van der Waals surface area contributed by atoms with E-state index in [1.807, 2.05) is 11.8 Å². The number of nitrogens with one attached hydrogen (secondary N) is 1. The number of hydrogen-bond acceptors (Lipinski definition) is 4. The summed E-state index contributed by atoms with van der Waals surface area (Å²) in [6.07, 6.45) is 5.19. The maximum Gasteiger partial charge on any atom is 0.319 e. The third-order valence-corrected chi connectivity index (χ3v) is 2.75. The van der Waals surface area contributed by atoms with Crippen LogP contribution in [0.2, 0.25) is 0 Å². The summed E-state index contributed by atoms with van der Waals surface area (Å²) in [4.78, 5) is 11.2. The minimum atomic E-state index is -0.139. The molecular weight excluding hydrogens is 210 g/mol. The van der Waals surface area contributed by atoms with Gasteiger partial charge in [-0.1, -0.05) is 13.3 Å². The van der Waals surface area contributed by atoms with Crippen molar-refractivity contribution in [3.8, 4) is 0 Å². The summed E-state index contributed by atoms with van der Waals surface area (Å²) in [6, 6.07) is 0.385. The molecule has 90 valence electrons. The van der Waals surface area contributed by atoms with Crippen molar-refractivity contribution in [1.29, 1.82) is 0 Å². The summed E-state index contributed by atoms with van der Waals surface area (Å²) < 4.78 is 5.03. The fourth-order valence-electron chi connectivity index (χ4n) is 1.04. The maximum absolute atomic E-state index is 11.2. The van der Waals surface area contributed by atoms with Gasteiger partial charge in [0.25, 0.3) is 0 Å². The summed E-state index contributed by atoms with van der Waals surface area (Å²) in [5.74, 6) is 0.985. The van der Waals surface area contributed by atoms with E-state index in [-0.39, 0.29) is 5.97 Å². The van der Waals surface area contributed by atoms with Crippen molar-refractivity contribution in [2.75, 3.05) is 25.2 Å². The molecule has 0 saturated carbocycles. The molecule has 0 spiro atoms. The van der Waals surface area contributed by atoms with E-state index in [0.29, 0.717) is 19.2 Å². The quantitative estimate of drug-likeness (QED) is 0.489. The molecule has 0 fully saturated rings. The van der Waals surface area contributed by atoms with E-state index in [2.05, 4.69) is 25.4 Å². The zero-order valence-corrected chi connectivity index (χ0v) is 10.9.